The van der Waals surface area contributed by atoms with Gasteiger partial charge in [-0.1, -0.05) is 42.5 Å². The van der Waals surface area contributed by atoms with E-state index >= 15 is 0 Å². The monoisotopic (exact) mass is 489 g/mol. The summed E-state index contributed by atoms with van der Waals surface area (Å²) in [4.78, 5) is 34.5. The lowest BCUT2D eigenvalue weighted by molar-refractivity contribution is -0.141. The lowest BCUT2D eigenvalue weighted by Gasteiger charge is -2.24. The van der Waals surface area contributed by atoms with Crippen molar-refractivity contribution in [1.29, 1.82) is 0 Å². The fraction of sp³-hybridized carbons (Fsp3) is 0.154. The third-order valence-electron chi connectivity index (χ3n) is 5.42. The molecule has 2 heterocycles. The van der Waals surface area contributed by atoms with E-state index < -0.39 is 29.8 Å². The molecule has 3 N–H and O–H groups in total. The second-order valence-electron chi connectivity index (χ2n) is 7.92. The van der Waals surface area contributed by atoms with Crippen molar-refractivity contribution in [2.45, 2.75) is 18.6 Å². The summed E-state index contributed by atoms with van der Waals surface area (Å²) in [5, 5.41) is 17.8. The van der Waals surface area contributed by atoms with Gasteiger partial charge in [-0.05, 0) is 42.3 Å². The van der Waals surface area contributed by atoms with E-state index in [9.17, 15) is 19.1 Å². The molecule has 0 spiro atoms. The van der Waals surface area contributed by atoms with Crippen LogP contribution in [0.25, 0.3) is 17.1 Å². The van der Waals surface area contributed by atoms with Gasteiger partial charge < -0.3 is 10.4 Å². The predicted molar refractivity (Wildman–Crippen MR) is 129 cm³/mol. The zero-order valence-corrected chi connectivity index (χ0v) is 19.3. The van der Waals surface area contributed by atoms with Gasteiger partial charge in [0.05, 0.1) is 24.4 Å². The smallest absolute Gasteiger partial charge is 0.274 e. The van der Waals surface area contributed by atoms with Crippen molar-refractivity contribution in [2.24, 2.45) is 0 Å². The average molecular weight is 490 g/mol. The summed E-state index contributed by atoms with van der Waals surface area (Å²) in [5.74, 6) is -1.67. The molecule has 0 radical (unpaired) electrons. The van der Waals surface area contributed by atoms with Gasteiger partial charge in [0.25, 0.3) is 11.8 Å². The van der Waals surface area contributed by atoms with E-state index in [1.807, 2.05) is 30.3 Å². The van der Waals surface area contributed by atoms with Gasteiger partial charge in [0.15, 0.2) is 11.9 Å². The van der Waals surface area contributed by atoms with Crippen LogP contribution in [0, 0.1) is 5.82 Å². The Bertz CT molecular complexity index is 1340. The Hall–Kier alpha value is -4.41. The van der Waals surface area contributed by atoms with Crippen molar-refractivity contribution in [3.8, 4) is 17.1 Å². The molecule has 0 aliphatic heterocycles. The number of hydrogen-bond donors (Lipinski definition) is 3. The third-order valence-corrected chi connectivity index (χ3v) is 5.42. The second kappa shape index (κ2) is 11.3. The Kier molecular flexibility index (Phi) is 7.79. The molecular weight excluding hydrogens is 465 g/mol. The zero-order valence-electron chi connectivity index (χ0n) is 19.3. The number of halogens is 1. The lowest BCUT2D eigenvalue weighted by Crippen LogP contribution is -2.51. The largest absolute Gasteiger partial charge is 0.381 e. The Labute approximate surface area is 206 Å². The fourth-order valence-electron chi connectivity index (χ4n) is 3.71. The first-order chi connectivity index (χ1) is 17.5. The first kappa shape index (κ1) is 24.7. The maximum atomic E-state index is 13.7. The predicted octanol–water partition coefficient (Wildman–Crippen LogP) is 2.45. The van der Waals surface area contributed by atoms with Crippen molar-refractivity contribution < 1.29 is 23.9 Å². The van der Waals surface area contributed by atoms with Crippen molar-refractivity contribution in [1.82, 2.24) is 25.6 Å². The summed E-state index contributed by atoms with van der Waals surface area (Å²) in [6, 6.07) is 19.1. The Morgan fingerprint density at radius 1 is 1.08 bits per heavy atom. The zero-order chi connectivity index (χ0) is 25.5. The Morgan fingerprint density at radius 2 is 1.89 bits per heavy atom. The van der Waals surface area contributed by atoms with E-state index in [0.29, 0.717) is 11.3 Å². The number of nitrogens with one attached hydrogen (secondary N) is 2. The van der Waals surface area contributed by atoms with E-state index in [2.05, 4.69) is 25.7 Å². The molecule has 0 fully saturated rings. The van der Waals surface area contributed by atoms with Crippen LogP contribution in [-0.2, 0) is 16.1 Å². The number of nitrogens with zero attached hydrogens (tertiary/aromatic N) is 3. The number of benzene rings is 2. The highest BCUT2D eigenvalue weighted by Gasteiger charge is 2.29. The molecule has 36 heavy (non-hydrogen) atoms. The van der Waals surface area contributed by atoms with Gasteiger partial charge in [-0.2, -0.15) is 5.10 Å². The van der Waals surface area contributed by atoms with Crippen LogP contribution in [-0.4, -0.2) is 50.9 Å². The van der Waals surface area contributed by atoms with Crippen LogP contribution in [0.15, 0.2) is 85.2 Å². The van der Waals surface area contributed by atoms with Crippen LogP contribution in [0.3, 0.4) is 0 Å². The number of rotatable bonds is 9. The topological polar surface area (TPSA) is 118 Å². The summed E-state index contributed by atoms with van der Waals surface area (Å²) in [6.07, 6.45) is 1.53. The minimum absolute atomic E-state index is 0.0165. The third kappa shape index (κ3) is 5.80. The van der Waals surface area contributed by atoms with Crippen LogP contribution < -0.4 is 10.8 Å². The molecule has 10 heteroatoms. The molecule has 2 amide bonds. The molecule has 2 aromatic heterocycles. The standard InChI is InChI=1S/C26H24FN5O4/c1-36-31-26(35)23(33)22(16-17-7-5-10-19(27)15-17)29-25(34)20-11-6-13-28-24(20)32-14-12-21(30-32)18-8-3-2-4-9-18/h2-15,22-23,33H,16H2,1H3,(H,29,34)(H,31,35). The number of carbonyl (C=O) groups is 2. The van der Waals surface area contributed by atoms with E-state index in [-0.39, 0.29) is 17.8 Å². The van der Waals surface area contributed by atoms with Gasteiger partial charge in [-0.15, -0.1) is 0 Å². The fourth-order valence-corrected chi connectivity index (χ4v) is 3.71. The van der Waals surface area contributed by atoms with Crippen LogP contribution >= 0.6 is 0 Å². The Balaban J connectivity index is 1.61. The van der Waals surface area contributed by atoms with E-state index in [4.69, 9.17) is 0 Å². The van der Waals surface area contributed by atoms with Crippen molar-refractivity contribution in [3.05, 3.63) is 102 Å². The van der Waals surface area contributed by atoms with Crippen LogP contribution in [0.4, 0.5) is 4.39 Å². The number of carbonyl (C=O) groups excluding carboxylic acids is 2. The summed E-state index contributed by atoms with van der Waals surface area (Å²) in [7, 11) is 1.22. The second-order valence-corrected chi connectivity index (χ2v) is 7.92. The van der Waals surface area contributed by atoms with Crippen molar-refractivity contribution in [2.75, 3.05) is 7.11 Å². The molecule has 2 atom stereocenters. The summed E-state index contributed by atoms with van der Waals surface area (Å²) in [5.41, 5.74) is 4.30. The SMILES string of the molecule is CONC(=O)C(O)C(Cc1cccc(F)c1)NC(=O)c1cccnc1-n1ccc(-c2ccccc2)n1. The molecule has 184 valence electrons. The number of hydroxylamine groups is 1. The highest BCUT2D eigenvalue weighted by atomic mass is 19.1. The van der Waals surface area contributed by atoms with E-state index in [0.717, 1.165) is 5.56 Å². The van der Waals surface area contributed by atoms with Crippen molar-refractivity contribution >= 4 is 11.8 Å². The van der Waals surface area contributed by atoms with Gasteiger partial charge in [-0.3, -0.25) is 14.4 Å². The number of amides is 2. The van der Waals surface area contributed by atoms with Gasteiger partial charge in [0, 0.05) is 18.0 Å². The molecule has 4 aromatic rings. The summed E-state index contributed by atoms with van der Waals surface area (Å²) < 4.78 is 15.2. The highest BCUT2D eigenvalue weighted by molar-refractivity contribution is 5.97. The van der Waals surface area contributed by atoms with Gasteiger partial charge in [0.2, 0.25) is 0 Å². The first-order valence-corrected chi connectivity index (χ1v) is 11.1. The lowest BCUT2D eigenvalue weighted by atomic mass is 10.00. The molecule has 0 aliphatic carbocycles. The quantitative estimate of drug-likeness (QED) is 0.311. The Morgan fingerprint density at radius 3 is 2.64 bits per heavy atom. The summed E-state index contributed by atoms with van der Waals surface area (Å²) >= 11 is 0. The number of aliphatic hydroxyl groups excluding tert-OH is 1. The number of aromatic nitrogens is 3. The molecule has 9 nitrogen and oxygen atoms in total. The van der Waals surface area contributed by atoms with Crippen molar-refractivity contribution in [3.63, 3.8) is 0 Å². The van der Waals surface area contributed by atoms with Crippen LogP contribution in [0.1, 0.15) is 15.9 Å². The molecule has 0 saturated carbocycles. The van der Waals surface area contributed by atoms with Gasteiger partial charge in [0.1, 0.15) is 5.82 Å². The normalized spacial score (nSPS) is 12.5. The van der Waals surface area contributed by atoms with Gasteiger partial charge >= 0.3 is 0 Å². The molecule has 2 unspecified atom stereocenters. The number of pyridine rings is 1. The van der Waals surface area contributed by atoms with Crippen LogP contribution in [0.5, 0.6) is 0 Å². The molecule has 4 rings (SSSR count). The maximum absolute atomic E-state index is 13.7. The number of hydrogen-bond acceptors (Lipinski definition) is 6. The van der Waals surface area contributed by atoms with Gasteiger partial charge in [-0.25, -0.2) is 19.5 Å². The minimum Gasteiger partial charge on any atom is -0.381 e. The van der Waals surface area contributed by atoms with E-state index in [1.54, 1.807) is 30.5 Å². The highest BCUT2D eigenvalue weighted by Crippen LogP contribution is 2.19. The summed E-state index contributed by atoms with van der Waals surface area (Å²) in [6.45, 7) is 0. The maximum Gasteiger partial charge on any atom is 0.274 e. The number of aliphatic hydroxyl groups is 1. The van der Waals surface area contributed by atoms with E-state index in [1.165, 1.54) is 36.2 Å². The molecule has 2 aromatic carbocycles. The minimum atomic E-state index is -1.67. The molecular formula is C26H24FN5O4. The van der Waals surface area contributed by atoms with Crippen LogP contribution in [0.2, 0.25) is 0 Å². The molecule has 0 aliphatic rings. The molecule has 0 saturated heterocycles. The molecule has 0 bridgehead atoms. The first-order valence-electron chi connectivity index (χ1n) is 11.1. The average Bonchev–Trinajstić information content (AvgIpc) is 3.39.